The molecule has 2 atom stereocenters. The van der Waals surface area contributed by atoms with E-state index in [1.807, 2.05) is 6.92 Å². The molecule has 0 aromatic carbocycles. The number of anilines is 1. The van der Waals surface area contributed by atoms with Gasteiger partial charge in [-0.25, -0.2) is 4.98 Å². The predicted molar refractivity (Wildman–Crippen MR) is 90.3 cm³/mol. The molecule has 1 aliphatic carbocycles. The number of hydrogen-bond acceptors (Lipinski definition) is 8. The Morgan fingerprint density at radius 3 is 2.75 bits per heavy atom. The number of rotatable bonds is 4. The van der Waals surface area contributed by atoms with E-state index in [1.165, 1.54) is 43.6 Å². The molecule has 0 amide bonds. The van der Waals surface area contributed by atoms with Crippen LogP contribution in [0.25, 0.3) is 0 Å². The molecule has 0 spiro atoms. The standard InChI is InChI=1S/C16H23N5O2S/c1-10-17-15(23-19-10)13-8-12(22-2)9-21(13)16-18-14(20-24-16)11-6-4-3-5-7-11/h11-13H,3-9H2,1-2H3. The van der Waals surface area contributed by atoms with Crippen molar-refractivity contribution in [2.75, 3.05) is 18.6 Å². The number of methoxy groups -OCH3 is 1. The predicted octanol–water partition coefficient (Wildman–Crippen LogP) is 3.24. The number of aryl methyl sites for hydroxylation is 1. The van der Waals surface area contributed by atoms with Crippen LogP contribution < -0.4 is 4.90 Å². The summed E-state index contributed by atoms with van der Waals surface area (Å²) < 4.78 is 15.6. The lowest BCUT2D eigenvalue weighted by atomic mass is 9.89. The van der Waals surface area contributed by atoms with Gasteiger partial charge in [0.15, 0.2) is 5.82 Å². The molecule has 2 aliphatic rings. The quantitative estimate of drug-likeness (QED) is 0.838. The van der Waals surface area contributed by atoms with Crippen molar-refractivity contribution in [1.82, 2.24) is 19.5 Å². The number of hydrogen-bond donors (Lipinski definition) is 0. The largest absolute Gasteiger partial charge is 0.380 e. The Morgan fingerprint density at radius 1 is 1.21 bits per heavy atom. The minimum atomic E-state index is 0.0169. The number of nitrogens with zero attached hydrogens (tertiary/aromatic N) is 5. The Kier molecular flexibility index (Phi) is 4.49. The molecule has 0 radical (unpaired) electrons. The van der Waals surface area contributed by atoms with Crippen LogP contribution in [0.3, 0.4) is 0 Å². The van der Waals surface area contributed by atoms with Crippen LogP contribution in [-0.2, 0) is 4.74 Å². The molecule has 0 bridgehead atoms. The molecular weight excluding hydrogens is 326 g/mol. The summed E-state index contributed by atoms with van der Waals surface area (Å²) in [6, 6.07) is 0.0169. The molecule has 4 rings (SSSR count). The van der Waals surface area contributed by atoms with E-state index < -0.39 is 0 Å². The zero-order valence-electron chi connectivity index (χ0n) is 14.1. The van der Waals surface area contributed by atoms with E-state index in [9.17, 15) is 0 Å². The third kappa shape index (κ3) is 3.04. The van der Waals surface area contributed by atoms with Crippen molar-refractivity contribution in [3.05, 3.63) is 17.5 Å². The monoisotopic (exact) mass is 349 g/mol. The van der Waals surface area contributed by atoms with E-state index in [4.69, 9.17) is 14.2 Å². The lowest BCUT2D eigenvalue weighted by Gasteiger charge is -2.20. The van der Waals surface area contributed by atoms with E-state index in [0.717, 1.165) is 23.9 Å². The van der Waals surface area contributed by atoms with Gasteiger partial charge in [-0.15, -0.1) is 0 Å². The van der Waals surface area contributed by atoms with Crippen LogP contribution in [0.15, 0.2) is 4.52 Å². The van der Waals surface area contributed by atoms with Gasteiger partial charge in [0, 0.05) is 37.5 Å². The summed E-state index contributed by atoms with van der Waals surface area (Å²) in [6.07, 6.45) is 7.32. The van der Waals surface area contributed by atoms with Crippen LogP contribution in [-0.4, -0.2) is 39.3 Å². The van der Waals surface area contributed by atoms with Crippen molar-refractivity contribution in [3.8, 4) is 0 Å². The van der Waals surface area contributed by atoms with Crippen molar-refractivity contribution in [2.45, 2.75) is 63.5 Å². The molecule has 130 valence electrons. The molecule has 3 heterocycles. The summed E-state index contributed by atoms with van der Waals surface area (Å²) in [4.78, 5) is 11.5. The second kappa shape index (κ2) is 6.76. The highest BCUT2D eigenvalue weighted by Gasteiger charge is 2.38. The van der Waals surface area contributed by atoms with Crippen molar-refractivity contribution < 1.29 is 9.26 Å². The van der Waals surface area contributed by atoms with Gasteiger partial charge in [0.1, 0.15) is 11.9 Å². The minimum Gasteiger partial charge on any atom is -0.380 e. The van der Waals surface area contributed by atoms with Crippen LogP contribution >= 0.6 is 11.5 Å². The van der Waals surface area contributed by atoms with Gasteiger partial charge in [-0.05, 0) is 19.8 Å². The number of ether oxygens (including phenoxy) is 1. The minimum absolute atomic E-state index is 0.0169. The molecule has 1 saturated heterocycles. The molecule has 24 heavy (non-hydrogen) atoms. The summed E-state index contributed by atoms with van der Waals surface area (Å²) in [6.45, 7) is 2.62. The lowest BCUT2D eigenvalue weighted by molar-refractivity contribution is 0.117. The van der Waals surface area contributed by atoms with E-state index in [1.54, 1.807) is 7.11 Å². The maximum absolute atomic E-state index is 5.57. The van der Waals surface area contributed by atoms with E-state index in [0.29, 0.717) is 17.6 Å². The lowest BCUT2D eigenvalue weighted by Crippen LogP contribution is -2.25. The van der Waals surface area contributed by atoms with Gasteiger partial charge in [-0.2, -0.15) is 9.36 Å². The highest BCUT2D eigenvalue weighted by Crippen LogP contribution is 2.39. The normalized spacial score (nSPS) is 25.5. The fourth-order valence-corrected chi connectivity index (χ4v) is 4.54. The first-order valence-electron chi connectivity index (χ1n) is 8.68. The fourth-order valence-electron chi connectivity index (χ4n) is 3.73. The molecule has 0 N–H and O–H groups in total. The molecule has 8 heteroatoms. The first kappa shape index (κ1) is 16.0. The molecule has 2 fully saturated rings. The van der Waals surface area contributed by atoms with Crippen molar-refractivity contribution in [3.63, 3.8) is 0 Å². The zero-order valence-corrected chi connectivity index (χ0v) is 15.0. The molecule has 1 aliphatic heterocycles. The topological polar surface area (TPSA) is 77.2 Å². The van der Waals surface area contributed by atoms with Crippen LogP contribution in [0.2, 0.25) is 0 Å². The van der Waals surface area contributed by atoms with E-state index in [2.05, 4.69) is 19.4 Å². The van der Waals surface area contributed by atoms with Crippen LogP contribution in [0.4, 0.5) is 5.13 Å². The maximum atomic E-state index is 5.57. The Morgan fingerprint density at radius 2 is 2.04 bits per heavy atom. The Labute approximate surface area is 145 Å². The first-order chi connectivity index (χ1) is 11.7. The Bertz CT molecular complexity index is 682. The van der Waals surface area contributed by atoms with Gasteiger partial charge in [0.25, 0.3) is 0 Å². The van der Waals surface area contributed by atoms with Crippen LogP contribution in [0.5, 0.6) is 0 Å². The molecule has 2 unspecified atom stereocenters. The first-order valence-corrected chi connectivity index (χ1v) is 9.45. The van der Waals surface area contributed by atoms with Gasteiger partial charge in [-0.3, -0.25) is 0 Å². The summed E-state index contributed by atoms with van der Waals surface area (Å²) in [5.74, 6) is 2.83. The summed E-state index contributed by atoms with van der Waals surface area (Å²) in [5.41, 5.74) is 0. The summed E-state index contributed by atoms with van der Waals surface area (Å²) >= 11 is 1.48. The maximum Gasteiger partial charge on any atom is 0.249 e. The molecule has 2 aromatic rings. The van der Waals surface area contributed by atoms with Gasteiger partial charge in [0.05, 0.1) is 6.10 Å². The van der Waals surface area contributed by atoms with E-state index >= 15 is 0 Å². The second-order valence-corrected chi connectivity index (χ2v) is 7.44. The third-order valence-corrected chi connectivity index (χ3v) is 5.84. The molecule has 2 aromatic heterocycles. The van der Waals surface area contributed by atoms with Crippen molar-refractivity contribution in [2.24, 2.45) is 0 Å². The van der Waals surface area contributed by atoms with Crippen LogP contribution in [0, 0.1) is 6.92 Å². The van der Waals surface area contributed by atoms with Gasteiger partial charge < -0.3 is 14.2 Å². The second-order valence-electron chi connectivity index (χ2n) is 6.71. The average molecular weight is 349 g/mol. The third-order valence-electron chi connectivity index (χ3n) is 5.07. The zero-order chi connectivity index (χ0) is 16.5. The average Bonchev–Trinajstić information content (AvgIpc) is 3.34. The Hall–Kier alpha value is -1.54. The van der Waals surface area contributed by atoms with Gasteiger partial charge in [-0.1, -0.05) is 24.4 Å². The highest BCUT2D eigenvalue weighted by molar-refractivity contribution is 7.09. The highest BCUT2D eigenvalue weighted by atomic mass is 32.1. The molecule has 1 saturated carbocycles. The van der Waals surface area contributed by atoms with Gasteiger partial charge >= 0.3 is 0 Å². The summed E-state index contributed by atoms with van der Waals surface area (Å²) in [5, 5.41) is 4.87. The van der Waals surface area contributed by atoms with Crippen molar-refractivity contribution >= 4 is 16.7 Å². The van der Waals surface area contributed by atoms with E-state index in [-0.39, 0.29) is 12.1 Å². The number of aromatic nitrogens is 4. The molecular formula is C16H23N5O2S. The smallest absolute Gasteiger partial charge is 0.249 e. The van der Waals surface area contributed by atoms with Gasteiger partial charge in [0.2, 0.25) is 11.0 Å². The Balaban J connectivity index is 1.57. The van der Waals surface area contributed by atoms with Crippen molar-refractivity contribution in [1.29, 1.82) is 0 Å². The summed E-state index contributed by atoms with van der Waals surface area (Å²) in [7, 11) is 1.75. The fraction of sp³-hybridized carbons (Fsp3) is 0.750. The van der Waals surface area contributed by atoms with Crippen LogP contribution in [0.1, 0.15) is 68.0 Å². The SMILES string of the molecule is COC1CC(c2nc(C)no2)N(c2nc(C3CCCCC3)ns2)C1. The molecule has 7 nitrogen and oxygen atoms in total.